The van der Waals surface area contributed by atoms with Gasteiger partial charge in [-0.25, -0.2) is 9.50 Å². The van der Waals surface area contributed by atoms with Crippen LogP contribution in [-0.2, 0) is 16.1 Å². The molecule has 0 saturated carbocycles. The van der Waals surface area contributed by atoms with Gasteiger partial charge in [0.15, 0.2) is 17.1 Å². The summed E-state index contributed by atoms with van der Waals surface area (Å²) in [5, 5.41) is 26.1. The minimum Gasteiger partial charge on any atom is -0.486 e. The van der Waals surface area contributed by atoms with E-state index < -0.39 is 19.0 Å². The Hall–Kier alpha value is -3.97. The first-order chi connectivity index (χ1) is 19.8. The summed E-state index contributed by atoms with van der Waals surface area (Å²) in [4.78, 5) is 29.2. The molecular weight excluding hydrogens is 614 g/mol. The zero-order valence-electron chi connectivity index (χ0n) is 21.8. The SMILES string of the molecule is CCOC(=O)CNC(=O)c1c(OCc2ccccc2)c2cccc(Br)c2c2ncnn12.OB(O)c1cccc(Cl)c1. The second-order valence-corrected chi connectivity index (χ2v) is 9.82. The molecule has 0 fully saturated rings. The maximum Gasteiger partial charge on any atom is 0.488 e. The van der Waals surface area contributed by atoms with Gasteiger partial charge in [0.2, 0.25) is 0 Å². The minimum absolute atomic E-state index is 0.151. The van der Waals surface area contributed by atoms with E-state index in [2.05, 4.69) is 31.3 Å². The maximum atomic E-state index is 13.1. The largest absolute Gasteiger partial charge is 0.488 e. The topological polar surface area (TPSA) is 135 Å². The summed E-state index contributed by atoms with van der Waals surface area (Å²) >= 11 is 9.13. The molecule has 41 heavy (non-hydrogen) atoms. The quantitative estimate of drug-likeness (QED) is 0.173. The average molecular weight is 640 g/mol. The van der Waals surface area contributed by atoms with Crippen molar-refractivity contribution in [1.82, 2.24) is 19.9 Å². The van der Waals surface area contributed by atoms with E-state index in [9.17, 15) is 9.59 Å². The van der Waals surface area contributed by atoms with Crippen LogP contribution in [0.5, 0.6) is 5.75 Å². The Kier molecular flexibility index (Phi) is 10.3. The lowest BCUT2D eigenvalue weighted by atomic mass is 9.81. The number of pyridine rings is 1. The number of amides is 1. The van der Waals surface area contributed by atoms with Crippen LogP contribution in [0.1, 0.15) is 23.0 Å². The van der Waals surface area contributed by atoms with Crippen LogP contribution in [0.3, 0.4) is 0 Å². The number of fused-ring (bicyclic) bond motifs is 3. The highest BCUT2D eigenvalue weighted by Gasteiger charge is 2.25. The van der Waals surface area contributed by atoms with Gasteiger partial charge >= 0.3 is 13.1 Å². The van der Waals surface area contributed by atoms with E-state index in [0.29, 0.717) is 27.3 Å². The normalized spacial score (nSPS) is 10.6. The molecule has 0 spiro atoms. The summed E-state index contributed by atoms with van der Waals surface area (Å²) in [6.07, 6.45) is 1.37. The van der Waals surface area contributed by atoms with Gasteiger partial charge in [-0.1, -0.05) is 82.1 Å². The molecule has 0 bridgehead atoms. The Morgan fingerprint density at radius 1 is 1.07 bits per heavy atom. The molecule has 0 unspecified atom stereocenters. The monoisotopic (exact) mass is 638 g/mol. The minimum atomic E-state index is -1.43. The summed E-state index contributed by atoms with van der Waals surface area (Å²) in [6.45, 7) is 1.92. The van der Waals surface area contributed by atoms with Crippen molar-refractivity contribution in [2.75, 3.05) is 13.2 Å². The Morgan fingerprint density at radius 2 is 1.83 bits per heavy atom. The Balaban J connectivity index is 0.000000328. The van der Waals surface area contributed by atoms with Gasteiger partial charge < -0.3 is 24.8 Å². The van der Waals surface area contributed by atoms with Crippen molar-refractivity contribution < 1.29 is 29.1 Å². The van der Waals surface area contributed by atoms with E-state index in [1.54, 1.807) is 25.1 Å². The molecule has 0 radical (unpaired) electrons. The molecule has 3 N–H and O–H groups in total. The third kappa shape index (κ3) is 7.41. The molecule has 13 heteroatoms. The molecule has 10 nitrogen and oxygen atoms in total. The van der Waals surface area contributed by atoms with Crippen molar-refractivity contribution in [3.8, 4) is 5.75 Å². The summed E-state index contributed by atoms with van der Waals surface area (Å²) in [6, 6.07) is 21.7. The van der Waals surface area contributed by atoms with Gasteiger partial charge in [-0.2, -0.15) is 5.10 Å². The number of carbonyl (C=O) groups excluding carboxylic acids is 2. The lowest BCUT2D eigenvalue weighted by molar-refractivity contribution is -0.141. The van der Waals surface area contributed by atoms with Crippen molar-refractivity contribution in [2.45, 2.75) is 13.5 Å². The molecule has 0 saturated heterocycles. The van der Waals surface area contributed by atoms with Gasteiger partial charge in [-0.3, -0.25) is 9.59 Å². The van der Waals surface area contributed by atoms with Crippen molar-refractivity contribution in [3.05, 3.63) is 99.9 Å². The molecular formula is C28H25BBrClN4O6. The Bertz CT molecular complexity index is 1670. The number of benzene rings is 3. The van der Waals surface area contributed by atoms with E-state index >= 15 is 0 Å². The number of ether oxygens (including phenoxy) is 2. The molecule has 0 aliphatic heterocycles. The van der Waals surface area contributed by atoms with E-state index in [1.807, 2.05) is 48.5 Å². The first-order valence-corrected chi connectivity index (χ1v) is 13.6. The summed E-state index contributed by atoms with van der Waals surface area (Å²) < 4.78 is 13.3. The van der Waals surface area contributed by atoms with Crippen LogP contribution in [0.15, 0.2) is 83.6 Å². The van der Waals surface area contributed by atoms with Crippen LogP contribution in [0.4, 0.5) is 0 Å². The van der Waals surface area contributed by atoms with Crippen LogP contribution in [0.2, 0.25) is 5.02 Å². The third-order valence-corrected chi connectivity index (χ3v) is 6.64. The number of esters is 1. The van der Waals surface area contributed by atoms with Crippen molar-refractivity contribution >= 4 is 68.4 Å². The second kappa shape index (κ2) is 14.1. The smallest absolute Gasteiger partial charge is 0.486 e. The highest BCUT2D eigenvalue weighted by Crippen LogP contribution is 2.36. The van der Waals surface area contributed by atoms with Crippen LogP contribution >= 0.6 is 27.5 Å². The Morgan fingerprint density at radius 3 is 2.51 bits per heavy atom. The van der Waals surface area contributed by atoms with Crippen molar-refractivity contribution in [3.63, 3.8) is 0 Å². The fraction of sp³-hybridized carbons (Fsp3) is 0.143. The number of rotatable bonds is 8. The van der Waals surface area contributed by atoms with Gasteiger partial charge in [0.1, 0.15) is 19.5 Å². The van der Waals surface area contributed by atoms with Gasteiger partial charge in [0.05, 0.1) is 6.61 Å². The van der Waals surface area contributed by atoms with Gasteiger partial charge in [0, 0.05) is 20.3 Å². The number of halogens is 2. The van der Waals surface area contributed by atoms with Crippen LogP contribution < -0.4 is 15.5 Å². The van der Waals surface area contributed by atoms with Gasteiger partial charge in [0.25, 0.3) is 5.91 Å². The van der Waals surface area contributed by atoms with Gasteiger partial charge in [-0.15, -0.1) is 0 Å². The molecule has 0 aliphatic rings. The molecule has 2 heterocycles. The van der Waals surface area contributed by atoms with E-state index in [1.165, 1.54) is 16.9 Å². The number of hydrogen-bond donors (Lipinski definition) is 3. The molecule has 210 valence electrons. The van der Waals surface area contributed by atoms with Gasteiger partial charge in [-0.05, 0) is 36.1 Å². The first kappa shape index (κ1) is 30.0. The van der Waals surface area contributed by atoms with Crippen LogP contribution in [0.25, 0.3) is 16.4 Å². The number of nitrogens with one attached hydrogen (secondary N) is 1. The summed E-state index contributed by atoms with van der Waals surface area (Å²) in [5.74, 6) is -0.700. The number of carbonyl (C=O) groups is 2. The number of hydrogen-bond acceptors (Lipinski definition) is 8. The molecule has 0 atom stereocenters. The fourth-order valence-electron chi connectivity index (χ4n) is 3.93. The zero-order chi connectivity index (χ0) is 29.4. The molecule has 1 amide bonds. The molecule has 0 aliphatic carbocycles. The summed E-state index contributed by atoms with van der Waals surface area (Å²) in [5.41, 5.74) is 2.00. The molecule has 5 rings (SSSR count). The molecule has 2 aromatic heterocycles. The highest BCUT2D eigenvalue weighted by molar-refractivity contribution is 9.10. The lowest BCUT2D eigenvalue weighted by Crippen LogP contribution is -2.32. The average Bonchev–Trinajstić information content (AvgIpc) is 3.45. The molecule has 5 aromatic rings. The van der Waals surface area contributed by atoms with Crippen molar-refractivity contribution in [2.24, 2.45) is 0 Å². The standard InChI is InChI=1S/C22H19BrN4O4.C6H6BClO2/c1-2-30-17(28)11-24-22(29)19-20(31-12-14-7-4-3-5-8-14)15-9-6-10-16(23)18(15)21-25-13-26-27(19)21;8-6-3-1-2-5(4-6)7(9)10/h3-10,13H,2,11-12H2,1H3,(H,24,29);1-4,9-10H. The Labute approximate surface area is 249 Å². The zero-order valence-corrected chi connectivity index (χ0v) is 24.2. The first-order valence-electron chi connectivity index (χ1n) is 12.5. The summed E-state index contributed by atoms with van der Waals surface area (Å²) in [7, 11) is -1.43. The van der Waals surface area contributed by atoms with Crippen LogP contribution in [0, 0.1) is 0 Å². The predicted octanol–water partition coefficient (Wildman–Crippen LogP) is 3.54. The number of aromatic nitrogens is 3. The fourth-order valence-corrected chi connectivity index (χ4v) is 4.67. The third-order valence-electron chi connectivity index (χ3n) is 5.74. The molecule has 3 aromatic carbocycles. The van der Waals surface area contributed by atoms with E-state index in [0.717, 1.165) is 15.4 Å². The predicted molar refractivity (Wildman–Crippen MR) is 159 cm³/mol. The lowest BCUT2D eigenvalue weighted by Gasteiger charge is -2.16. The van der Waals surface area contributed by atoms with Crippen molar-refractivity contribution in [1.29, 1.82) is 0 Å². The van der Waals surface area contributed by atoms with E-state index in [4.69, 9.17) is 31.1 Å². The second-order valence-electron chi connectivity index (χ2n) is 8.53. The van der Waals surface area contributed by atoms with E-state index in [-0.39, 0.29) is 25.5 Å². The highest BCUT2D eigenvalue weighted by atomic mass is 79.9. The maximum absolute atomic E-state index is 13.1. The van der Waals surface area contributed by atoms with Crippen LogP contribution in [-0.4, -0.2) is 56.8 Å². The number of nitrogens with zero attached hydrogens (tertiary/aromatic N) is 3.